The van der Waals surface area contributed by atoms with Crippen LogP contribution in [0.2, 0.25) is 0 Å². The molecule has 2 rings (SSSR count). The average molecular weight is 367 g/mol. The van der Waals surface area contributed by atoms with E-state index in [-0.39, 0.29) is 0 Å². The van der Waals surface area contributed by atoms with Gasteiger partial charge in [0, 0.05) is 17.6 Å². The Kier molecular flexibility index (Phi) is 5.42. The van der Waals surface area contributed by atoms with E-state index in [2.05, 4.69) is 28.2 Å². The molecule has 1 N–H and O–H groups in total. The molecule has 1 aromatic heterocycles. The number of piperidine rings is 1. The Morgan fingerprint density at radius 3 is 2.68 bits per heavy atom. The molecule has 0 aliphatic carbocycles. The molecule has 19 heavy (non-hydrogen) atoms. The molecule has 1 saturated heterocycles. The summed E-state index contributed by atoms with van der Waals surface area (Å²) in [6.07, 6.45) is 1.88. The molecule has 1 fully saturated rings. The summed E-state index contributed by atoms with van der Waals surface area (Å²) in [6.45, 7) is 5.31. The molecule has 0 aromatic carbocycles. The first-order valence-corrected chi connectivity index (χ1v) is 9.60. The monoisotopic (exact) mass is 366 g/mol. The maximum Gasteiger partial charge on any atom is 0.253 e. The minimum atomic E-state index is -3.31. The van der Waals surface area contributed by atoms with Gasteiger partial charge in [0.15, 0.2) is 0 Å². The Morgan fingerprint density at radius 2 is 2.16 bits per heavy atom. The first kappa shape index (κ1) is 15.4. The van der Waals surface area contributed by atoms with Crippen LogP contribution in [0, 0.1) is 5.92 Å². The second-order valence-corrected chi connectivity index (χ2v) is 8.61. The fourth-order valence-electron chi connectivity index (χ4n) is 2.28. The molecule has 1 aliphatic heterocycles. The first-order valence-electron chi connectivity index (χ1n) is 6.49. The zero-order chi connectivity index (χ0) is 13.9. The molecule has 0 radical (unpaired) electrons. The Hall–Kier alpha value is 0.0500. The Labute approximate surface area is 127 Å². The highest BCUT2D eigenvalue weighted by Gasteiger charge is 2.31. The minimum Gasteiger partial charge on any atom is -0.317 e. The number of rotatable bonds is 5. The second-order valence-electron chi connectivity index (χ2n) is 4.71. The van der Waals surface area contributed by atoms with Crippen LogP contribution in [0.15, 0.2) is 20.1 Å². The predicted octanol–water partition coefficient (Wildman–Crippen LogP) is 2.52. The second kappa shape index (κ2) is 6.67. The lowest BCUT2D eigenvalue weighted by Gasteiger charge is -2.31. The number of nitrogens with zero attached hydrogens (tertiary/aromatic N) is 1. The molecule has 0 saturated carbocycles. The third kappa shape index (κ3) is 3.58. The van der Waals surface area contributed by atoms with Gasteiger partial charge < -0.3 is 5.32 Å². The maximum atomic E-state index is 12.5. The normalized spacial score (nSPS) is 18.8. The van der Waals surface area contributed by atoms with Gasteiger partial charge >= 0.3 is 0 Å². The van der Waals surface area contributed by atoms with Crippen molar-refractivity contribution in [2.45, 2.75) is 24.0 Å². The van der Waals surface area contributed by atoms with Gasteiger partial charge in [0.05, 0.1) is 0 Å². The Balaban J connectivity index is 2.00. The smallest absolute Gasteiger partial charge is 0.253 e. The minimum absolute atomic E-state index is 0.428. The van der Waals surface area contributed by atoms with E-state index in [0.717, 1.165) is 25.9 Å². The van der Waals surface area contributed by atoms with Gasteiger partial charge in [-0.2, -0.15) is 4.31 Å². The third-order valence-electron chi connectivity index (χ3n) is 3.42. The van der Waals surface area contributed by atoms with Gasteiger partial charge in [-0.1, -0.05) is 6.92 Å². The molecular weight excluding hydrogens is 348 g/mol. The van der Waals surface area contributed by atoms with E-state index in [9.17, 15) is 8.42 Å². The number of sulfonamides is 1. The van der Waals surface area contributed by atoms with Crippen molar-refractivity contribution in [1.82, 2.24) is 9.62 Å². The summed E-state index contributed by atoms with van der Waals surface area (Å²) >= 11 is 4.59. The van der Waals surface area contributed by atoms with Gasteiger partial charge in [-0.25, -0.2) is 8.42 Å². The van der Waals surface area contributed by atoms with Crippen molar-refractivity contribution < 1.29 is 8.42 Å². The molecule has 1 aliphatic rings. The largest absolute Gasteiger partial charge is 0.317 e. The van der Waals surface area contributed by atoms with Crippen LogP contribution in [-0.2, 0) is 10.0 Å². The average Bonchev–Trinajstić information content (AvgIpc) is 2.84. The molecule has 0 bridgehead atoms. The van der Waals surface area contributed by atoms with Crippen LogP contribution in [0.4, 0.5) is 0 Å². The zero-order valence-corrected chi connectivity index (χ0v) is 14.2. The molecule has 4 nitrogen and oxygen atoms in total. The van der Waals surface area contributed by atoms with Crippen LogP contribution in [0.3, 0.4) is 0 Å². The standard InChI is InChI=1S/C12H19BrN2O2S2/c1-2-14-9-10-3-6-15(7-4-10)19(16,17)12-11(13)5-8-18-12/h5,8,10,14H,2-4,6-7,9H2,1H3. The molecule has 0 unspecified atom stereocenters. The molecule has 1 aromatic rings. The number of hydrogen-bond donors (Lipinski definition) is 1. The fourth-order valence-corrected chi connectivity index (χ4v) is 6.20. The number of halogens is 1. The van der Waals surface area contributed by atoms with Crippen molar-refractivity contribution in [3.63, 3.8) is 0 Å². The Bertz CT molecular complexity index is 508. The molecular formula is C12H19BrN2O2S2. The summed E-state index contributed by atoms with van der Waals surface area (Å²) in [5, 5.41) is 5.14. The highest BCUT2D eigenvalue weighted by atomic mass is 79.9. The quantitative estimate of drug-likeness (QED) is 0.870. The number of nitrogens with one attached hydrogen (secondary N) is 1. The molecule has 108 valence electrons. The third-order valence-corrected chi connectivity index (χ3v) is 7.96. The highest BCUT2D eigenvalue weighted by molar-refractivity contribution is 9.10. The van der Waals surface area contributed by atoms with Crippen molar-refractivity contribution in [2.75, 3.05) is 26.2 Å². The number of hydrogen-bond acceptors (Lipinski definition) is 4. The Morgan fingerprint density at radius 1 is 1.47 bits per heavy atom. The van der Waals surface area contributed by atoms with Gasteiger partial charge in [-0.15, -0.1) is 11.3 Å². The lowest BCUT2D eigenvalue weighted by Crippen LogP contribution is -2.40. The lowest BCUT2D eigenvalue weighted by molar-refractivity contribution is 0.269. The molecule has 7 heteroatoms. The van der Waals surface area contributed by atoms with Gasteiger partial charge in [0.2, 0.25) is 0 Å². The highest BCUT2D eigenvalue weighted by Crippen LogP contribution is 2.32. The van der Waals surface area contributed by atoms with Crippen molar-refractivity contribution in [1.29, 1.82) is 0 Å². The predicted molar refractivity (Wildman–Crippen MR) is 82.0 cm³/mol. The van der Waals surface area contributed by atoms with E-state index in [4.69, 9.17) is 0 Å². The topological polar surface area (TPSA) is 49.4 Å². The van der Waals surface area contributed by atoms with Gasteiger partial charge in [0.25, 0.3) is 10.0 Å². The van der Waals surface area contributed by atoms with Crippen molar-refractivity contribution >= 4 is 37.3 Å². The summed E-state index contributed by atoms with van der Waals surface area (Å²) < 4.78 is 27.7. The van der Waals surface area contributed by atoms with Crippen LogP contribution in [0.25, 0.3) is 0 Å². The number of thiophene rings is 1. The summed E-state index contributed by atoms with van der Waals surface area (Å²) in [5.41, 5.74) is 0. The van der Waals surface area contributed by atoms with E-state index in [1.807, 2.05) is 0 Å². The molecule has 0 amide bonds. The summed E-state index contributed by atoms with van der Waals surface area (Å²) in [4.78, 5) is 0. The summed E-state index contributed by atoms with van der Waals surface area (Å²) in [6, 6.07) is 1.79. The van der Waals surface area contributed by atoms with Crippen LogP contribution in [-0.4, -0.2) is 38.9 Å². The van der Waals surface area contributed by atoms with Crippen LogP contribution < -0.4 is 5.32 Å². The lowest BCUT2D eigenvalue weighted by atomic mass is 9.98. The maximum absolute atomic E-state index is 12.5. The molecule has 0 spiro atoms. The fraction of sp³-hybridized carbons (Fsp3) is 0.667. The van der Waals surface area contributed by atoms with Gasteiger partial charge in [-0.05, 0) is 59.2 Å². The summed E-state index contributed by atoms with van der Waals surface area (Å²) in [5.74, 6) is 0.596. The van der Waals surface area contributed by atoms with Gasteiger partial charge in [0.1, 0.15) is 4.21 Å². The van der Waals surface area contributed by atoms with Crippen LogP contribution >= 0.6 is 27.3 Å². The van der Waals surface area contributed by atoms with Gasteiger partial charge in [-0.3, -0.25) is 0 Å². The van der Waals surface area contributed by atoms with Crippen LogP contribution in [0.5, 0.6) is 0 Å². The van der Waals surface area contributed by atoms with Crippen molar-refractivity contribution in [2.24, 2.45) is 5.92 Å². The van der Waals surface area contributed by atoms with Crippen LogP contribution in [0.1, 0.15) is 19.8 Å². The van der Waals surface area contributed by atoms with E-state index >= 15 is 0 Å². The van der Waals surface area contributed by atoms with E-state index in [1.165, 1.54) is 11.3 Å². The van der Waals surface area contributed by atoms with E-state index < -0.39 is 10.0 Å². The SMILES string of the molecule is CCNCC1CCN(S(=O)(=O)c2sccc2Br)CC1. The molecule has 0 atom stereocenters. The zero-order valence-electron chi connectivity index (χ0n) is 10.9. The van der Waals surface area contributed by atoms with Crippen molar-refractivity contribution in [3.8, 4) is 0 Å². The van der Waals surface area contributed by atoms with E-state index in [1.54, 1.807) is 15.8 Å². The summed E-state index contributed by atoms with van der Waals surface area (Å²) in [7, 11) is -3.31. The van der Waals surface area contributed by atoms with Crippen molar-refractivity contribution in [3.05, 3.63) is 15.9 Å². The van der Waals surface area contributed by atoms with E-state index in [0.29, 0.717) is 27.7 Å². The molecule has 2 heterocycles. The first-order chi connectivity index (χ1) is 9.05.